The third-order valence-electron chi connectivity index (χ3n) is 11.1. The molecule has 56 heavy (non-hydrogen) atoms. The van der Waals surface area contributed by atoms with Gasteiger partial charge < -0.3 is 49.0 Å². The predicted molar refractivity (Wildman–Crippen MR) is 208 cm³/mol. The van der Waals surface area contributed by atoms with Crippen molar-refractivity contribution in [2.24, 2.45) is 5.92 Å². The van der Waals surface area contributed by atoms with Gasteiger partial charge in [0.1, 0.15) is 29.1 Å². The van der Waals surface area contributed by atoms with Crippen LogP contribution in [0.2, 0.25) is 0 Å². The van der Waals surface area contributed by atoms with Crippen LogP contribution in [-0.4, -0.2) is 101 Å². The summed E-state index contributed by atoms with van der Waals surface area (Å²) in [6.07, 6.45) is 3.11. The Bertz CT molecular complexity index is 2240. The van der Waals surface area contributed by atoms with Gasteiger partial charge in [0.15, 0.2) is 0 Å². The van der Waals surface area contributed by atoms with Gasteiger partial charge in [0.2, 0.25) is 11.8 Å². The number of alkyl carbamates (subject to hydrolysis) is 2. The molecule has 0 aliphatic carbocycles. The summed E-state index contributed by atoms with van der Waals surface area (Å²) in [6.45, 7) is 6.67. The number of methoxy groups -OCH3 is 3. The first-order valence-corrected chi connectivity index (χ1v) is 19.0. The standard InChI is InChI=1S/C41H49N7O8/c1-22(2)35(45-40(51)54-5)38(49)48-18-8-10-32(48)37-42-21-30(44-37)25-12-14-27-26-13-11-24(19-33(26)56-34(27)20-25)28-15-16-29(43-28)31-9-7-17-47(31)39(50)36(23(3)53-4)46-41(52)55-6/h11-16,19-23,31-32,35-36,43H,7-10,17-18H2,1-6H3,(H,42,44)(H,45,51)(H,46,52)/t23-,31?,32+,35?,36+/m1/s1. The van der Waals surface area contributed by atoms with Crippen molar-refractivity contribution in [2.75, 3.05) is 34.4 Å². The van der Waals surface area contributed by atoms with E-state index in [1.165, 1.54) is 21.3 Å². The average molecular weight is 768 g/mol. The second-order valence-corrected chi connectivity index (χ2v) is 14.8. The minimum absolute atomic E-state index is 0.120. The fraction of sp³-hybridized carbons (Fsp3) is 0.439. The maximum Gasteiger partial charge on any atom is 0.407 e. The zero-order chi connectivity index (χ0) is 39.7. The molecule has 4 N–H and O–H groups in total. The topological polar surface area (TPSA) is 184 Å². The number of hydrogen-bond donors (Lipinski definition) is 4. The normalized spacial score (nSPS) is 18.7. The van der Waals surface area contributed by atoms with Crippen LogP contribution in [0.25, 0.3) is 44.5 Å². The number of rotatable bonds is 11. The number of nitrogens with one attached hydrogen (secondary N) is 4. The van der Waals surface area contributed by atoms with Crippen molar-refractivity contribution >= 4 is 45.9 Å². The Morgan fingerprint density at radius 1 is 0.750 bits per heavy atom. The molecule has 15 nitrogen and oxygen atoms in total. The summed E-state index contributed by atoms with van der Waals surface area (Å²) in [5.74, 6) is 0.192. The number of carbonyl (C=O) groups excluding carboxylic acids is 4. The van der Waals surface area contributed by atoms with Gasteiger partial charge in [-0.2, -0.15) is 0 Å². The lowest BCUT2D eigenvalue weighted by molar-refractivity contribution is -0.137. The first-order chi connectivity index (χ1) is 27.0. The Morgan fingerprint density at radius 2 is 1.32 bits per heavy atom. The summed E-state index contributed by atoms with van der Waals surface area (Å²) >= 11 is 0. The summed E-state index contributed by atoms with van der Waals surface area (Å²) in [6, 6.07) is 14.2. The summed E-state index contributed by atoms with van der Waals surface area (Å²) in [5, 5.41) is 7.29. The number of likely N-dealkylation sites (tertiary alicyclic amines) is 2. The van der Waals surface area contributed by atoms with Gasteiger partial charge in [-0.15, -0.1) is 0 Å². The van der Waals surface area contributed by atoms with Gasteiger partial charge in [-0.1, -0.05) is 26.0 Å². The van der Waals surface area contributed by atoms with Crippen molar-refractivity contribution < 1.29 is 37.8 Å². The molecule has 0 saturated carbocycles. The van der Waals surface area contributed by atoms with Gasteiger partial charge in [0, 0.05) is 53.5 Å². The molecule has 5 aromatic rings. The van der Waals surface area contributed by atoms with Crippen molar-refractivity contribution in [3.05, 3.63) is 66.2 Å². The van der Waals surface area contributed by atoms with Crippen LogP contribution in [-0.2, 0) is 23.8 Å². The highest BCUT2D eigenvalue weighted by Crippen LogP contribution is 2.38. The third-order valence-corrected chi connectivity index (χ3v) is 11.1. The molecule has 15 heteroatoms. The second-order valence-electron chi connectivity index (χ2n) is 14.8. The SMILES string of the molecule is COC(=O)NC(C(=O)N1CCC[C@H]1c1ncc(-c2ccc3c(c2)oc2cc(-c4ccc(C5CCCN5C(=O)[C@@H](NC(=O)OC)[C@@H](C)OC)[nH]4)ccc23)[nH]1)C(C)C. The molecule has 3 aromatic heterocycles. The summed E-state index contributed by atoms with van der Waals surface area (Å²) in [7, 11) is 4.05. The lowest BCUT2D eigenvalue weighted by Crippen LogP contribution is -2.54. The van der Waals surface area contributed by atoms with E-state index in [1.807, 2.05) is 50.2 Å². The molecular formula is C41H49N7O8. The molecule has 2 aromatic carbocycles. The molecule has 2 aliphatic rings. The Labute approximate surface area is 324 Å². The van der Waals surface area contributed by atoms with Crippen LogP contribution in [0.5, 0.6) is 0 Å². The molecule has 2 saturated heterocycles. The van der Waals surface area contributed by atoms with Crippen molar-refractivity contribution in [3.63, 3.8) is 0 Å². The molecule has 0 radical (unpaired) electrons. The highest BCUT2D eigenvalue weighted by Gasteiger charge is 2.39. The van der Waals surface area contributed by atoms with E-state index in [0.29, 0.717) is 18.9 Å². The molecule has 0 bridgehead atoms. The number of nitrogens with zero attached hydrogens (tertiary/aromatic N) is 3. The van der Waals surface area contributed by atoms with Crippen LogP contribution in [0.15, 0.2) is 59.1 Å². The Kier molecular flexibility index (Phi) is 11.1. The number of fused-ring (bicyclic) bond motifs is 3. The fourth-order valence-electron chi connectivity index (χ4n) is 7.97. The van der Waals surface area contributed by atoms with Crippen molar-refractivity contribution in [2.45, 2.75) is 76.7 Å². The van der Waals surface area contributed by atoms with Gasteiger partial charge in [0.05, 0.1) is 44.3 Å². The van der Waals surface area contributed by atoms with Crippen LogP contribution >= 0.6 is 0 Å². The summed E-state index contributed by atoms with van der Waals surface area (Å²) in [4.78, 5) is 66.6. The van der Waals surface area contributed by atoms with Crippen molar-refractivity contribution in [1.82, 2.24) is 35.4 Å². The lowest BCUT2D eigenvalue weighted by Gasteiger charge is -2.31. The molecule has 2 aliphatic heterocycles. The molecule has 4 amide bonds. The highest BCUT2D eigenvalue weighted by atomic mass is 16.5. The molecule has 296 valence electrons. The van der Waals surface area contributed by atoms with E-state index in [9.17, 15) is 19.2 Å². The van der Waals surface area contributed by atoms with E-state index in [0.717, 1.165) is 75.8 Å². The zero-order valence-corrected chi connectivity index (χ0v) is 32.5. The van der Waals surface area contributed by atoms with Crippen LogP contribution in [0.1, 0.15) is 70.1 Å². The van der Waals surface area contributed by atoms with Gasteiger partial charge in [0.25, 0.3) is 0 Å². The molecule has 5 atom stereocenters. The minimum Gasteiger partial charge on any atom is -0.456 e. The third kappa shape index (κ3) is 7.42. The van der Waals surface area contributed by atoms with E-state index in [2.05, 4.69) is 32.7 Å². The highest BCUT2D eigenvalue weighted by molar-refractivity contribution is 6.06. The number of amides is 4. The Hall–Kier alpha value is -5.83. The quantitative estimate of drug-likeness (QED) is 0.118. The Morgan fingerprint density at radius 3 is 1.93 bits per heavy atom. The first kappa shape index (κ1) is 38.4. The van der Waals surface area contributed by atoms with Crippen molar-refractivity contribution in [3.8, 4) is 22.5 Å². The molecular weight excluding hydrogens is 718 g/mol. The number of hydrogen-bond acceptors (Lipinski definition) is 9. The molecule has 5 heterocycles. The van der Waals surface area contributed by atoms with Crippen molar-refractivity contribution in [1.29, 1.82) is 0 Å². The number of aromatic amines is 2. The largest absolute Gasteiger partial charge is 0.456 e. The minimum atomic E-state index is -0.886. The Balaban J connectivity index is 1.09. The van der Waals surface area contributed by atoms with E-state index >= 15 is 0 Å². The number of aromatic nitrogens is 3. The van der Waals surface area contributed by atoms with Crippen LogP contribution in [0.4, 0.5) is 9.59 Å². The van der Waals surface area contributed by atoms with Gasteiger partial charge in [-0.25, -0.2) is 14.6 Å². The van der Waals surface area contributed by atoms with Crippen LogP contribution in [0.3, 0.4) is 0 Å². The van der Waals surface area contributed by atoms with E-state index in [1.54, 1.807) is 22.9 Å². The van der Waals surface area contributed by atoms with E-state index in [4.69, 9.17) is 23.6 Å². The first-order valence-electron chi connectivity index (χ1n) is 19.0. The number of H-pyrrole nitrogens is 2. The average Bonchev–Trinajstić information content (AvgIpc) is 4.06. The van der Waals surface area contributed by atoms with Gasteiger partial charge in [-0.3, -0.25) is 9.59 Å². The van der Waals surface area contributed by atoms with Gasteiger partial charge in [-0.05, 0) is 74.9 Å². The van der Waals surface area contributed by atoms with Crippen LogP contribution < -0.4 is 10.6 Å². The monoisotopic (exact) mass is 767 g/mol. The predicted octanol–water partition coefficient (Wildman–Crippen LogP) is 6.44. The number of furan rings is 1. The van der Waals surface area contributed by atoms with Gasteiger partial charge >= 0.3 is 12.2 Å². The maximum absolute atomic E-state index is 13.7. The summed E-state index contributed by atoms with van der Waals surface area (Å²) < 4.78 is 21.4. The molecule has 2 unspecified atom stereocenters. The second kappa shape index (κ2) is 16.1. The number of benzene rings is 2. The molecule has 7 rings (SSSR count). The number of carbonyl (C=O) groups is 4. The van der Waals surface area contributed by atoms with E-state index < -0.39 is 30.4 Å². The van der Waals surface area contributed by atoms with E-state index in [-0.39, 0.29) is 29.8 Å². The number of imidazole rings is 1. The smallest absolute Gasteiger partial charge is 0.407 e. The van der Waals surface area contributed by atoms with Crippen LogP contribution in [0, 0.1) is 5.92 Å². The molecule has 0 spiro atoms. The molecule has 2 fully saturated rings. The lowest BCUT2D eigenvalue weighted by atomic mass is 10.0. The number of ether oxygens (including phenoxy) is 3. The summed E-state index contributed by atoms with van der Waals surface area (Å²) in [5.41, 5.74) is 5.90. The zero-order valence-electron chi connectivity index (χ0n) is 32.5. The fourth-order valence-corrected chi connectivity index (χ4v) is 7.97. The maximum atomic E-state index is 13.7.